The fraction of sp³-hybridized carbons (Fsp3) is 0.333. The van der Waals surface area contributed by atoms with Crippen molar-refractivity contribution in [1.82, 2.24) is 9.29 Å². The van der Waals surface area contributed by atoms with Gasteiger partial charge in [0.2, 0.25) is 10.0 Å². The highest BCUT2D eigenvalue weighted by Gasteiger charge is 2.17. The van der Waals surface area contributed by atoms with Crippen molar-refractivity contribution < 1.29 is 18.3 Å². The fourth-order valence-electron chi connectivity index (χ4n) is 2.20. The molecular weight excluding hydrogens is 340 g/mol. The van der Waals surface area contributed by atoms with E-state index in [-0.39, 0.29) is 22.9 Å². The van der Waals surface area contributed by atoms with E-state index >= 15 is 0 Å². The molecule has 1 aromatic heterocycles. The third-order valence-corrected chi connectivity index (χ3v) is 5.22. The van der Waals surface area contributed by atoms with Gasteiger partial charge in [-0.25, -0.2) is 13.1 Å². The zero-order chi connectivity index (χ0) is 17.0. The van der Waals surface area contributed by atoms with E-state index in [1.54, 1.807) is 10.6 Å². The fourth-order valence-corrected chi connectivity index (χ4v) is 3.59. The van der Waals surface area contributed by atoms with Gasteiger partial charge in [0, 0.05) is 25.5 Å². The summed E-state index contributed by atoms with van der Waals surface area (Å²) in [5, 5.41) is 10.3. The Balaban J connectivity index is 1.99. The number of aliphatic hydroxyl groups excluding tert-OH is 1. The van der Waals surface area contributed by atoms with E-state index < -0.39 is 16.1 Å². The minimum absolute atomic E-state index is 0.0525. The highest BCUT2D eigenvalue weighted by atomic mass is 35.5. The van der Waals surface area contributed by atoms with Crippen molar-refractivity contribution in [1.29, 1.82) is 0 Å². The number of benzene rings is 1. The van der Waals surface area contributed by atoms with Gasteiger partial charge in [-0.15, -0.1) is 0 Å². The largest absolute Gasteiger partial charge is 0.495 e. The molecule has 0 aliphatic carbocycles. The van der Waals surface area contributed by atoms with Gasteiger partial charge in [0.25, 0.3) is 0 Å². The number of ether oxygens (including phenoxy) is 1. The van der Waals surface area contributed by atoms with Gasteiger partial charge in [0.1, 0.15) is 5.75 Å². The van der Waals surface area contributed by atoms with Crippen molar-refractivity contribution in [2.75, 3.05) is 13.7 Å². The lowest BCUT2D eigenvalue weighted by Gasteiger charge is -2.13. The van der Waals surface area contributed by atoms with Crippen LogP contribution >= 0.6 is 11.6 Å². The molecule has 0 spiro atoms. The first-order valence-electron chi connectivity index (χ1n) is 6.97. The second-order valence-corrected chi connectivity index (χ2v) is 7.22. The van der Waals surface area contributed by atoms with Gasteiger partial charge in [-0.1, -0.05) is 11.6 Å². The van der Waals surface area contributed by atoms with Crippen LogP contribution in [0.4, 0.5) is 0 Å². The molecule has 1 atom stereocenters. The lowest BCUT2D eigenvalue weighted by atomic mass is 10.2. The number of halogens is 1. The molecule has 0 radical (unpaired) electrons. The van der Waals surface area contributed by atoms with Crippen LogP contribution in [-0.2, 0) is 17.1 Å². The maximum Gasteiger partial charge on any atom is 0.240 e. The summed E-state index contributed by atoms with van der Waals surface area (Å²) in [6.07, 6.45) is 1.35. The molecule has 0 bridgehead atoms. The number of hydrogen-bond acceptors (Lipinski definition) is 4. The molecule has 1 unspecified atom stereocenters. The Bertz CT molecular complexity index is 774. The van der Waals surface area contributed by atoms with Crippen LogP contribution in [0.15, 0.2) is 41.4 Å². The first-order valence-corrected chi connectivity index (χ1v) is 8.84. The van der Waals surface area contributed by atoms with Crippen molar-refractivity contribution in [2.24, 2.45) is 7.05 Å². The molecule has 0 saturated carbocycles. The number of nitrogens with zero attached hydrogens (tertiary/aromatic N) is 1. The zero-order valence-corrected chi connectivity index (χ0v) is 14.4. The molecule has 0 aliphatic rings. The highest BCUT2D eigenvalue weighted by molar-refractivity contribution is 7.89. The second-order valence-electron chi connectivity index (χ2n) is 5.04. The number of aliphatic hydroxyl groups is 1. The van der Waals surface area contributed by atoms with Gasteiger partial charge in [-0.3, -0.25) is 0 Å². The smallest absolute Gasteiger partial charge is 0.240 e. The molecule has 1 aromatic carbocycles. The van der Waals surface area contributed by atoms with E-state index in [1.807, 2.05) is 19.3 Å². The first-order chi connectivity index (χ1) is 10.8. The molecule has 23 heavy (non-hydrogen) atoms. The van der Waals surface area contributed by atoms with Crippen LogP contribution < -0.4 is 9.46 Å². The Morgan fingerprint density at radius 2 is 2.13 bits per heavy atom. The number of rotatable bonds is 7. The molecule has 0 aliphatic heterocycles. The molecule has 126 valence electrons. The lowest BCUT2D eigenvalue weighted by molar-refractivity contribution is 0.161. The summed E-state index contributed by atoms with van der Waals surface area (Å²) >= 11 is 5.95. The van der Waals surface area contributed by atoms with Crippen LogP contribution in [0.25, 0.3) is 0 Å². The number of methoxy groups -OCH3 is 1. The van der Waals surface area contributed by atoms with E-state index in [0.717, 1.165) is 5.69 Å². The van der Waals surface area contributed by atoms with E-state index in [2.05, 4.69) is 4.72 Å². The first kappa shape index (κ1) is 17.8. The molecule has 1 heterocycles. The summed E-state index contributed by atoms with van der Waals surface area (Å²) in [4.78, 5) is 0.0525. The average molecular weight is 359 g/mol. The van der Waals surface area contributed by atoms with Gasteiger partial charge in [0.15, 0.2) is 0 Å². The summed E-state index contributed by atoms with van der Waals surface area (Å²) in [7, 11) is -0.412. The minimum Gasteiger partial charge on any atom is -0.495 e. The van der Waals surface area contributed by atoms with E-state index in [0.29, 0.717) is 5.75 Å². The van der Waals surface area contributed by atoms with Gasteiger partial charge in [0.05, 0.1) is 23.1 Å². The monoisotopic (exact) mass is 358 g/mol. The van der Waals surface area contributed by atoms with Gasteiger partial charge in [-0.2, -0.15) is 0 Å². The Morgan fingerprint density at radius 1 is 1.39 bits per heavy atom. The number of nitrogens with one attached hydrogen (secondary N) is 1. The molecular formula is C15H19ClN2O4S. The highest BCUT2D eigenvalue weighted by Crippen LogP contribution is 2.26. The predicted molar refractivity (Wildman–Crippen MR) is 88.2 cm³/mol. The number of aromatic nitrogens is 1. The van der Waals surface area contributed by atoms with Gasteiger partial charge in [-0.05, 0) is 36.8 Å². The molecule has 2 N–H and O–H groups in total. The van der Waals surface area contributed by atoms with Crippen LogP contribution in [0.2, 0.25) is 5.02 Å². The van der Waals surface area contributed by atoms with Crippen LogP contribution in [0.3, 0.4) is 0 Å². The van der Waals surface area contributed by atoms with E-state index in [4.69, 9.17) is 16.3 Å². The summed E-state index contributed by atoms with van der Waals surface area (Å²) in [5.41, 5.74) is 0.733. The third kappa shape index (κ3) is 4.26. The maximum atomic E-state index is 12.2. The summed E-state index contributed by atoms with van der Waals surface area (Å²) in [6.45, 7) is 0.109. The zero-order valence-electron chi connectivity index (χ0n) is 12.9. The van der Waals surface area contributed by atoms with Crippen molar-refractivity contribution in [3.05, 3.63) is 47.2 Å². The molecule has 0 saturated heterocycles. The molecule has 8 heteroatoms. The predicted octanol–water partition coefficient (Wildman–Crippen LogP) is 2.09. The standard InChI is InChI=1S/C15H19ClN2O4S/c1-18-9-3-4-13(18)14(19)7-8-17-23(20,21)11-5-6-15(22-2)12(16)10-11/h3-6,9-10,14,17,19H,7-8H2,1-2H3. The van der Waals surface area contributed by atoms with Crippen molar-refractivity contribution in [3.63, 3.8) is 0 Å². The van der Waals surface area contributed by atoms with Gasteiger partial charge < -0.3 is 14.4 Å². The normalized spacial score (nSPS) is 13.0. The number of hydrogen-bond donors (Lipinski definition) is 2. The molecule has 0 fully saturated rings. The summed E-state index contributed by atoms with van der Waals surface area (Å²) in [6, 6.07) is 7.86. The second kappa shape index (κ2) is 7.35. The SMILES string of the molecule is COc1ccc(S(=O)(=O)NCCC(O)c2cccn2C)cc1Cl. The molecule has 0 amide bonds. The molecule has 2 aromatic rings. The average Bonchev–Trinajstić information content (AvgIpc) is 2.93. The lowest BCUT2D eigenvalue weighted by Crippen LogP contribution is -2.26. The van der Waals surface area contributed by atoms with Gasteiger partial charge >= 0.3 is 0 Å². The number of aryl methyl sites for hydroxylation is 1. The van der Waals surface area contributed by atoms with Crippen LogP contribution in [-0.4, -0.2) is 31.7 Å². The van der Waals surface area contributed by atoms with E-state index in [9.17, 15) is 13.5 Å². The number of sulfonamides is 1. The summed E-state index contributed by atoms with van der Waals surface area (Å²) < 4.78 is 33.7. The summed E-state index contributed by atoms with van der Waals surface area (Å²) in [5.74, 6) is 0.407. The Kier molecular flexibility index (Phi) is 5.69. The maximum absolute atomic E-state index is 12.2. The third-order valence-electron chi connectivity index (χ3n) is 3.47. The molecule has 6 nitrogen and oxygen atoms in total. The Morgan fingerprint density at radius 3 is 2.70 bits per heavy atom. The quantitative estimate of drug-likeness (QED) is 0.794. The van der Waals surface area contributed by atoms with Crippen molar-refractivity contribution in [3.8, 4) is 5.75 Å². The van der Waals surface area contributed by atoms with Crippen LogP contribution in [0.5, 0.6) is 5.75 Å². The van der Waals surface area contributed by atoms with Crippen LogP contribution in [0, 0.1) is 0 Å². The van der Waals surface area contributed by atoms with E-state index in [1.165, 1.54) is 25.3 Å². The molecule has 2 rings (SSSR count). The van der Waals surface area contributed by atoms with Crippen LogP contribution in [0.1, 0.15) is 18.2 Å². The Labute approximate surface area is 140 Å². The van der Waals surface area contributed by atoms with Crippen molar-refractivity contribution in [2.45, 2.75) is 17.4 Å². The topological polar surface area (TPSA) is 80.6 Å². The van der Waals surface area contributed by atoms with Crippen molar-refractivity contribution >= 4 is 21.6 Å². The Hall–Kier alpha value is -1.54. The minimum atomic E-state index is -3.69.